The van der Waals surface area contributed by atoms with Gasteiger partial charge in [0.1, 0.15) is 28.0 Å². The van der Waals surface area contributed by atoms with Crippen LogP contribution < -0.4 is 16.0 Å². The fourth-order valence-electron chi connectivity index (χ4n) is 3.90. The van der Waals surface area contributed by atoms with Crippen LogP contribution in [0, 0.1) is 0 Å². The predicted octanol–water partition coefficient (Wildman–Crippen LogP) is -0.284. The fourth-order valence-corrected chi connectivity index (χ4v) is 6.22. The van der Waals surface area contributed by atoms with Gasteiger partial charge in [0, 0.05) is 23.4 Å². The van der Waals surface area contributed by atoms with Crippen molar-refractivity contribution in [3.8, 4) is 0 Å². The van der Waals surface area contributed by atoms with Crippen molar-refractivity contribution in [3.05, 3.63) is 53.1 Å². The number of fused-ring (bicyclic) bond motifs is 2. The van der Waals surface area contributed by atoms with E-state index in [2.05, 4.69) is 29.4 Å². The van der Waals surface area contributed by atoms with Crippen LogP contribution in [0.1, 0.15) is 5.82 Å². The van der Waals surface area contributed by atoms with Crippen molar-refractivity contribution in [1.29, 1.82) is 0 Å². The molecule has 20 heteroatoms. The average Bonchev–Trinajstić information content (AvgIpc) is 3.56. The molecule has 5 heterocycles. The first-order valence-electron chi connectivity index (χ1n) is 11.6. The normalized spacial score (nSPS) is 18.1. The zero-order chi connectivity index (χ0) is 30.0. The second kappa shape index (κ2) is 12.0. The van der Waals surface area contributed by atoms with Crippen molar-refractivity contribution in [2.75, 3.05) is 18.3 Å². The Morgan fingerprint density at radius 2 is 2.17 bits per heavy atom. The highest BCUT2D eigenvalue weighted by Gasteiger charge is 2.51. The molecule has 42 heavy (non-hydrogen) atoms. The molecule has 0 aliphatic carbocycles. The van der Waals surface area contributed by atoms with E-state index in [4.69, 9.17) is 11.5 Å². The lowest BCUT2D eigenvalue weighted by Gasteiger charge is -2.44. The van der Waals surface area contributed by atoms with Crippen molar-refractivity contribution in [2.45, 2.75) is 16.9 Å². The number of imidazole rings is 1. The molecule has 1 fully saturated rings. The van der Waals surface area contributed by atoms with E-state index in [1.54, 1.807) is 45.1 Å². The van der Waals surface area contributed by atoms with Crippen LogP contribution in [-0.2, 0) is 30.6 Å². The molecule has 0 radical (unpaired) electrons. The molecule has 1 saturated heterocycles. The number of halogens is 1. The van der Waals surface area contributed by atoms with Gasteiger partial charge >= 0.3 is 17.5 Å². The minimum absolute atomic E-state index is 0.00555. The Bertz CT molecular complexity index is 1750. The van der Waals surface area contributed by atoms with Gasteiger partial charge in [-0.2, -0.15) is 9.36 Å². The third-order valence-corrected chi connectivity index (χ3v) is 8.12. The molecule has 5 N–H and O–H groups in total. The number of carbonyl (C=O) groups is 4. The molecule has 0 unspecified atom stereocenters. The van der Waals surface area contributed by atoms with Crippen LogP contribution in [0.3, 0.4) is 0 Å². The topological polar surface area (TPSA) is 225 Å². The van der Waals surface area contributed by atoms with Crippen molar-refractivity contribution < 1.29 is 38.1 Å². The van der Waals surface area contributed by atoms with Crippen LogP contribution >= 0.6 is 35.1 Å². The molecule has 1 atom stereocenters. The molecule has 16 nitrogen and oxygen atoms in total. The molecule has 0 spiro atoms. The minimum atomic E-state index is -1.34. The van der Waals surface area contributed by atoms with Crippen LogP contribution in [-0.4, -0.2) is 82.1 Å². The van der Waals surface area contributed by atoms with Crippen LogP contribution in [0.25, 0.3) is 5.65 Å². The summed E-state index contributed by atoms with van der Waals surface area (Å²) in [7, 11) is 0. The van der Waals surface area contributed by atoms with E-state index in [1.165, 1.54) is 23.5 Å². The smallest absolute Gasteiger partial charge is 0.352 e. The number of rotatable bonds is 10. The number of primary amides is 1. The van der Waals surface area contributed by atoms with Crippen LogP contribution in [0.5, 0.6) is 0 Å². The van der Waals surface area contributed by atoms with E-state index in [-0.39, 0.29) is 34.7 Å². The summed E-state index contributed by atoms with van der Waals surface area (Å²) in [5.41, 5.74) is 10.8. The number of allylic oxidation sites excluding steroid dienone is 1. The number of nitrogens with two attached hydrogens (primary N) is 2. The quantitative estimate of drug-likeness (QED) is 0.0861. The molecule has 0 saturated carbocycles. The van der Waals surface area contributed by atoms with Crippen molar-refractivity contribution in [2.24, 2.45) is 15.9 Å². The van der Waals surface area contributed by atoms with Gasteiger partial charge in [0.05, 0.1) is 0 Å². The van der Waals surface area contributed by atoms with Gasteiger partial charge in [0.15, 0.2) is 17.9 Å². The first-order chi connectivity index (χ1) is 20.2. The number of carboxylic acid groups (broad SMARTS) is 1. The molecule has 2 aliphatic rings. The number of oxime groups is 1. The molecule has 5 rings (SSSR count). The summed E-state index contributed by atoms with van der Waals surface area (Å²) in [4.78, 5) is 62.0. The van der Waals surface area contributed by atoms with Gasteiger partial charge in [0.25, 0.3) is 18.7 Å². The van der Waals surface area contributed by atoms with Gasteiger partial charge < -0.3 is 21.4 Å². The van der Waals surface area contributed by atoms with E-state index >= 15 is 0 Å². The Morgan fingerprint density at radius 1 is 1.36 bits per heavy atom. The summed E-state index contributed by atoms with van der Waals surface area (Å²) in [5.74, 6) is -3.78. The van der Waals surface area contributed by atoms with E-state index in [1.807, 2.05) is 0 Å². The Morgan fingerprint density at radius 3 is 2.86 bits per heavy atom. The number of amides is 3. The van der Waals surface area contributed by atoms with Crippen LogP contribution in [0.2, 0.25) is 0 Å². The first kappa shape index (κ1) is 28.8. The van der Waals surface area contributed by atoms with E-state index in [0.29, 0.717) is 16.2 Å². The number of nitrogens with zero attached hydrogens (tertiary/aromatic N) is 8. The predicted molar refractivity (Wildman–Crippen MR) is 148 cm³/mol. The summed E-state index contributed by atoms with van der Waals surface area (Å²) >= 11 is 3.15. The number of aliphatic carboxylic acids is 1. The third kappa shape index (κ3) is 5.71. The maximum atomic E-state index is 12.9. The maximum Gasteiger partial charge on any atom is 0.352 e. The number of carboxylic acids is 1. The molecule has 216 valence electrons. The van der Waals surface area contributed by atoms with Gasteiger partial charge in [-0.15, -0.1) is 16.3 Å². The van der Waals surface area contributed by atoms with Crippen molar-refractivity contribution >= 4 is 80.9 Å². The van der Waals surface area contributed by atoms with Gasteiger partial charge in [0.2, 0.25) is 11.5 Å². The Labute approximate surface area is 246 Å². The number of alkyl halides is 1. The molecule has 0 bridgehead atoms. The Balaban J connectivity index is 1.33. The van der Waals surface area contributed by atoms with E-state index < -0.39 is 41.6 Å². The third-order valence-electron chi connectivity index (χ3n) is 5.62. The van der Waals surface area contributed by atoms with Crippen molar-refractivity contribution in [1.82, 2.24) is 23.9 Å². The second-order valence-corrected chi connectivity index (χ2v) is 11.0. The van der Waals surface area contributed by atoms with Gasteiger partial charge in [-0.25, -0.2) is 18.7 Å². The standard InChI is InChI=1S/C22H17FN10O6S3/c23-9-39-29-14(17-27-22(25)42-30-17)18(35)26-15-19(36)33-16(21(37)38)10(8-41-20(15)33)3-6-40-12-1-2-13-31(7-11(24)34)4-5-32(13)28-12/h1-6,20H,7-9H2,(H4-,24,25,27,30,34,37,38)/p+1/b6-3+,26-15?,29-14+/t20-/m1/s1. The maximum absolute atomic E-state index is 12.9. The lowest BCUT2D eigenvalue weighted by Crippen LogP contribution is -2.62. The number of anilines is 1. The second-order valence-electron chi connectivity index (χ2n) is 8.24. The molecular formula is C22H18FN10O6S3+. The lowest BCUT2D eigenvalue weighted by molar-refractivity contribution is -0.658. The number of aliphatic imine (C=N–C) groups is 1. The Hall–Kier alpha value is -4.69. The largest absolute Gasteiger partial charge is 0.477 e. The van der Waals surface area contributed by atoms with Crippen LogP contribution in [0.15, 0.2) is 62.5 Å². The highest BCUT2D eigenvalue weighted by Crippen LogP contribution is 2.39. The summed E-state index contributed by atoms with van der Waals surface area (Å²) < 4.78 is 19.6. The van der Waals surface area contributed by atoms with E-state index in [0.717, 1.165) is 16.4 Å². The van der Waals surface area contributed by atoms with Gasteiger partial charge in [-0.3, -0.25) is 19.3 Å². The summed E-state index contributed by atoms with van der Waals surface area (Å²) in [6.07, 6.45) is 4.90. The molecule has 3 aromatic heterocycles. The monoisotopic (exact) mass is 633 g/mol. The summed E-state index contributed by atoms with van der Waals surface area (Å²) in [6, 6.07) is 3.49. The number of hydrogen-bond donors (Lipinski definition) is 3. The molecule has 3 aromatic rings. The highest BCUT2D eigenvalue weighted by molar-refractivity contribution is 8.02. The molecule has 2 aliphatic heterocycles. The Kier molecular flexibility index (Phi) is 8.27. The number of β-lactam (4-membered cyclic amide) rings is 1. The molecule has 0 aromatic carbocycles. The number of carbonyl (C=O) groups excluding carboxylic acids is 3. The number of hydrogen-bond acceptors (Lipinski definition) is 13. The van der Waals surface area contributed by atoms with Gasteiger partial charge in [-0.1, -0.05) is 22.0 Å². The fraction of sp³-hybridized carbons (Fsp3) is 0.182. The molecular weight excluding hydrogens is 616 g/mol. The van der Waals surface area contributed by atoms with E-state index in [9.17, 15) is 28.7 Å². The van der Waals surface area contributed by atoms with Crippen LogP contribution in [0.4, 0.5) is 9.52 Å². The molecule has 3 amide bonds. The number of nitrogen functional groups attached to an aromatic ring is 1. The SMILES string of the molecule is NC(=O)C[n+]1ccn2nc(S/C=C/C3=C(C(=O)O)N4C(=O)C(=NC(=O)/C(=N/OCF)c5nsc(N)n5)[C@H]4SC3)ccc21. The minimum Gasteiger partial charge on any atom is -0.477 e. The average molecular weight is 634 g/mol. The lowest BCUT2D eigenvalue weighted by atomic mass is 10.1. The highest BCUT2D eigenvalue weighted by atomic mass is 32.2. The zero-order valence-corrected chi connectivity index (χ0v) is 23.4. The zero-order valence-electron chi connectivity index (χ0n) is 21.0. The number of thioether (sulfide) groups is 2. The number of aromatic nitrogens is 5. The summed E-state index contributed by atoms with van der Waals surface area (Å²) in [6.45, 7) is -1.33. The van der Waals surface area contributed by atoms with Gasteiger partial charge in [-0.05, 0) is 23.1 Å². The van der Waals surface area contributed by atoms with Crippen molar-refractivity contribution in [3.63, 3.8) is 0 Å². The first-order valence-corrected chi connectivity index (χ1v) is 14.3. The summed E-state index contributed by atoms with van der Waals surface area (Å²) in [5, 5.41) is 19.1.